The first kappa shape index (κ1) is 29.1. The Morgan fingerprint density at radius 2 is 1.46 bits per heavy atom. The Morgan fingerprint density at radius 3 is 2.02 bits per heavy atom. The Morgan fingerprint density at radius 1 is 0.878 bits per heavy atom. The standard InChI is InChI=1S/C28H24ClF6N3O3/c29-20-6-2-5-19-21(16-4-1-3-15(13-16)14-7-8-14)36-23(24(39)37-22(19)20)38-25(40)17(9-11-27(30,31)32)18(26(38)41)10-12-28(33,34)35/h1-6,13-14,17-18,23H,7-12H2,(H,37,39)/t17-,18+,23-/m0/s1. The van der Waals surface area contributed by atoms with E-state index in [9.17, 15) is 40.7 Å². The molecule has 6 nitrogen and oxygen atoms in total. The van der Waals surface area contributed by atoms with Gasteiger partial charge < -0.3 is 5.32 Å². The van der Waals surface area contributed by atoms with Crippen LogP contribution in [0, 0.1) is 11.8 Å². The lowest BCUT2D eigenvalue weighted by Crippen LogP contribution is -2.46. The molecule has 0 aromatic heterocycles. The second kappa shape index (κ2) is 10.8. The minimum atomic E-state index is -4.71. The van der Waals surface area contributed by atoms with Crippen molar-refractivity contribution in [3.63, 3.8) is 0 Å². The van der Waals surface area contributed by atoms with Crippen molar-refractivity contribution in [2.75, 3.05) is 5.32 Å². The normalized spacial score (nSPS) is 23.3. The fourth-order valence-corrected chi connectivity index (χ4v) is 5.61. The Bertz CT molecular complexity index is 1380. The summed E-state index contributed by atoms with van der Waals surface area (Å²) in [5.41, 5.74) is 2.28. The number of carbonyl (C=O) groups excluding carboxylic acids is 3. The molecule has 1 aliphatic carbocycles. The number of nitrogens with one attached hydrogen (secondary N) is 1. The number of anilines is 1. The minimum absolute atomic E-state index is 0.132. The lowest BCUT2D eigenvalue weighted by atomic mass is 9.87. The van der Waals surface area contributed by atoms with Gasteiger partial charge in [0.05, 0.1) is 28.3 Å². The van der Waals surface area contributed by atoms with Gasteiger partial charge in [0.2, 0.25) is 18.0 Å². The molecular weight excluding hydrogens is 576 g/mol. The molecule has 0 spiro atoms. The summed E-state index contributed by atoms with van der Waals surface area (Å²) in [6, 6.07) is 12.0. The number of likely N-dealkylation sites (tertiary alicyclic amines) is 1. The van der Waals surface area contributed by atoms with Crippen LogP contribution < -0.4 is 5.32 Å². The van der Waals surface area contributed by atoms with Crippen LogP contribution in [0.3, 0.4) is 0 Å². The molecule has 5 rings (SSSR count). The van der Waals surface area contributed by atoms with Crippen molar-refractivity contribution in [1.82, 2.24) is 4.90 Å². The van der Waals surface area contributed by atoms with E-state index < -0.39 is 73.8 Å². The first-order valence-electron chi connectivity index (χ1n) is 13.0. The van der Waals surface area contributed by atoms with E-state index in [-0.39, 0.29) is 16.4 Å². The van der Waals surface area contributed by atoms with Crippen LogP contribution in [0.1, 0.15) is 61.1 Å². The number of hydrogen-bond donors (Lipinski definition) is 1. The highest BCUT2D eigenvalue weighted by atomic mass is 35.5. The molecule has 41 heavy (non-hydrogen) atoms. The summed E-state index contributed by atoms with van der Waals surface area (Å²) >= 11 is 6.37. The maximum Gasteiger partial charge on any atom is 0.389 e. The SMILES string of the molecule is O=C1Nc2c(Cl)cccc2C(c2cccc(C3CC3)c2)=N[C@H]1N1C(=O)[C@@H](CCC(F)(F)F)[C@@H](CCC(F)(F)F)C1=O. The molecule has 2 aromatic rings. The summed E-state index contributed by atoms with van der Waals surface area (Å²) in [5, 5.41) is 2.69. The number of fused-ring (bicyclic) bond motifs is 1. The molecule has 2 fully saturated rings. The van der Waals surface area contributed by atoms with Crippen LogP contribution in [0.25, 0.3) is 0 Å². The van der Waals surface area contributed by atoms with Gasteiger partial charge in [-0.2, -0.15) is 26.3 Å². The van der Waals surface area contributed by atoms with Crippen molar-refractivity contribution in [1.29, 1.82) is 0 Å². The van der Waals surface area contributed by atoms with Gasteiger partial charge >= 0.3 is 12.4 Å². The Kier molecular flexibility index (Phi) is 7.65. The lowest BCUT2D eigenvalue weighted by molar-refractivity contribution is -0.147. The van der Waals surface area contributed by atoms with Gasteiger partial charge in [-0.3, -0.25) is 14.4 Å². The molecule has 3 amide bonds. The number of benzene rings is 2. The Hall–Kier alpha value is -3.41. The highest BCUT2D eigenvalue weighted by molar-refractivity contribution is 6.36. The molecule has 218 valence electrons. The number of amides is 3. The molecule has 1 saturated carbocycles. The van der Waals surface area contributed by atoms with Crippen molar-refractivity contribution < 1.29 is 40.7 Å². The molecule has 3 aliphatic rings. The summed E-state index contributed by atoms with van der Waals surface area (Å²) in [4.78, 5) is 45.2. The summed E-state index contributed by atoms with van der Waals surface area (Å²) in [5.74, 6) is -6.34. The number of nitrogens with zero attached hydrogens (tertiary/aromatic N) is 2. The first-order valence-corrected chi connectivity index (χ1v) is 13.4. The molecule has 1 saturated heterocycles. The fourth-order valence-electron chi connectivity index (χ4n) is 5.39. The van der Waals surface area contributed by atoms with Gasteiger partial charge in [-0.25, -0.2) is 9.89 Å². The van der Waals surface area contributed by atoms with Crippen molar-refractivity contribution in [3.8, 4) is 0 Å². The topological polar surface area (TPSA) is 78.8 Å². The Labute approximate surface area is 235 Å². The molecule has 2 heterocycles. The third-order valence-corrected chi connectivity index (χ3v) is 7.84. The number of aliphatic imine (C=N–C) groups is 1. The molecule has 2 aromatic carbocycles. The molecular formula is C28H24ClF6N3O3. The zero-order valence-corrected chi connectivity index (χ0v) is 22.1. The summed E-state index contributed by atoms with van der Waals surface area (Å²) in [6.45, 7) is 0. The van der Waals surface area contributed by atoms with E-state index in [1.54, 1.807) is 24.3 Å². The van der Waals surface area contributed by atoms with Crippen LogP contribution in [0.2, 0.25) is 5.02 Å². The van der Waals surface area contributed by atoms with Crippen molar-refractivity contribution in [3.05, 3.63) is 64.2 Å². The number of imide groups is 1. The summed E-state index contributed by atoms with van der Waals surface area (Å²) in [7, 11) is 0. The zero-order chi connectivity index (χ0) is 29.7. The minimum Gasteiger partial charge on any atom is -0.321 e. The number of rotatable bonds is 7. The van der Waals surface area contributed by atoms with E-state index in [4.69, 9.17) is 11.6 Å². The molecule has 0 bridgehead atoms. The predicted molar refractivity (Wildman–Crippen MR) is 137 cm³/mol. The number of halogens is 7. The number of carbonyl (C=O) groups is 3. The first-order chi connectivity index (χ1) is 19.2. The van der Waals surface area contributed by atoms with Crippen LogP contribution in [-0.2, 0) is 14.4 Å². The van der Waals surface area contributed by atoms with Crippen LogP contribution in [0.15, 0.2) is 47.5 Å². The van der Waals surface area contributed by atoms with Gasteiger partial charge in [0, 0.05) is 24.0 Å². The maximum atomic E-state index is 13.4. The zero-order valence-electron chi connectivity index (χ0n) is 21.4. The van der Waals surface area contributed by atoms with Crippen LogP contribution in [0.4, 0.5) is 32.0 Å². The predicted octanol–water partition coefficient (Wildman–Crippen LogP) is 6.62. The fraction of sp³-hybridized carbons (Fsp3) is 0.429. The van der Waals surface area contributed by atoms with E-state index in [0.717, 1.165) is 18.4 Å². The smallest absolute Gasteiger partial charge is 0.321 e. The van der Waals surface area contributed by atoms with Gasteiger partial charge in [0.15, 0.2) is 0 Å². The van der Waals surface area contributed by atoms with Crippen molar-refractivity contribution >= 4 is 40.7 Å². The van der Waals surface area contributed by atoms with E-state index >= 15 is 0 Å². The molecule has 1 N–H and O–H groups in total. The highest BCUT2D eigenvalue weighted by Gasteiger charge is 2.53. The second-order valence-corrected chi connectivity index (χ2v) is 10.9. The number of benzodiazepines with no additional fused rings is 1. The van der Waals surface area contributed by atoms with E-state index in [2.05, 4.69) is 10.3 Å². The van der Waals surface area contributed by atoms with Gasteiger partial charge in [-0.1, -0.05) is 41.9 Å². The molecule has 2 aliphatic heterocycles. The number of alkyl halides is 6. The van der Waals surface area contributed by atoms with E-state index in [0.29, 0.717) is 21.9 Å². The number of hydrogen-bond acceptors (Lipinski definition) is 4. The quantitative estimate of drug-likeness (QED) is 0.287. The van der Waals surface area contributed by atoms with Crippen molar-refractivity contribution in [2.24, 2.45) is 16.8 Å². The van der Waals surface area contributed by atoms with Gasteiger partial charge in [-0.15, -0.1) is 0 Å². The monoisotopic (exact) mass is 599 g/mol. The second-order valence-electron chi connectivity index (χ2n) is 10.5. The molecule has 3 atom stereocenters. The maximum absolute atomic E-state index is 13.4. The van der Waals surface area contributed by atoms with Gasteiger partial charge in [0.25, 0.3) is 5.91 Å². The van der Waals surface area contributed by atoms with Gasteiger partial charge in [0.1, 0.15) is 0 Å². The Balaban J connectivity index is 1.57. The number of para-hydroxylation sites is 1. The van der Waals surface area contributed by atoms with Crippen molar-refractivity contribution in [2.45, 2.75) is 63.0 Å². The summed E-state index contributed by atoms with van der Waals surface area (Å²) < 4.78 is 78.2. The third-order valence-electron chi connectivity index (χ3n) is 7.53. The largest absolute Gasteiger partial charge is 0.389 e. The molecule has 0 unspecified atom stereocenters. The molecule has 0 radical (unpaired) electrons. The van der Waals surface area contributed by atoms with Crippen LogP contribution in [-0.4, -0.2) is 46.9 Å². The van der Waals surface area contributed by atoms with Crippen LogP contribution in [0.5, 0.6) is 0 Å². The lowest BCUT2D eigenvalue weighted by Gasteiger charge is -2.22. The highest BCUT2D eigenvalue weighted by Crippen LogP contribution is 2.42. The third kappa shape index (κ3) is 6.27. The average molecular weight is 600 g/mol. The van der Waals surface area contributed by atoms with Gasteiger partial charge in [-0.05, 0) is 49.3 Å². The average Bonchev–Trinajstić information content (AvgIpc) is 3.71. The van der Waals surface area contributed by atoms with Crippen LogP contribution >= 0.6 is 11.6 Å². The van der Waals surface area contributed by atoms with E-state index in [1.165, 1.54) is 6.07 Å². The van der Waals surface area contributed by atoms with E-state index in [1.807, 2.05) is 12.1 Å². The molecule has 13 heteroatoms. The summed E-state index contributed by atoms with van der Waals surface area (Å²) in [6.07, 6.45) is -14.0.